The van der Waals surface area contributed by atoms with E-state index in [9.17, 15) is 14.0 Å². The van der Waals surface area contributed by atoms with Crippen molar-refractivity contribution in [3.63, 3.8) is 0 Å². The van der Waals surface area contributed by atoms with Gasteiger partial charge in [-0.15, -0.1) is 11.3 Å². The van der Waals surface area contributed by atoms with E-state index in [0.717, 1.165) is 11.1 Å². The molecule has 7 nitrogen and oxygen atoms in total. The van der Waals surface area contributed by atoms with E-state index in [2.05, 4.69) is 22.2 Å². The first-order chi connectivity index (χ1) is 15.6. The van der Waals surface area contributed by atoms with E-state index in [1.807, 2.05) is 13.0 Å². The first kappa shape index (κ1) is 23.9. The van der Waals surface area contributed by atoms with Gasteiger partial charge in [-0.05, 0) is 50.6 Å². The zero-order valence-electron chi connectivity index (χ0n) is 18.7. The fourth-order valence-corrected chi connectivity index (χ4v) is 4.35. The van der Waals surface area contributed by atoms with Crippen LogP contribution < -0.4 is 15.4 Å². The maximum atomic E-state index is 14.4. The minimum atomic E-state index is -0.563. The Labute approximate surface area is 194 Å². The summed E-state index contributed by atoms with van der Waals surface area (Å²) in [5.74, 6) is -1.29. The highest BCUT2D eigenvalue weighted by Gasteiger charge is 2.23. The minimum absolute atomic E-state index is 0.0206. The highest BCUT2D eigenvalue weighted by Crippen LogP contribution is 2.33. The van der Waals surface area contributed by atoms with Crippen LogP contribution in [0.1, 0.15) is 44.6 Å². The molecule has 33 heavy (non-hydrogen) atoms. The lowest BCUT2D eigenvalue weighted by atomic mass is 10.1. The lowest BCUT2D eigenvalue weighted by Gasteiger charge is -2.17. The van der Waals surface area contributed by atoms with Gasteiger partial charge in [0.25, 0.3) is 11.8 Å². The van der Waals surface area contributed by atoms with Crippen molar-refractivity contribution < 1.29 is 18.7 Å². The Bertz CT molecular complexity index is 1310. The molecule has 0 spiro atoms. The Kier molecular flexibility index (Phi) is 7.09. The second-order valence-corrected chi connectivity index (χ2v) is 8.82. The van der Waals surface area contributed by atoms with Gasteiger partial charge in [0.15, 0.2) is 0 Å². The quantitative estimate of drug-likeness (QED) is 0.482. The van der Waals surface area contributed by atoms with Crippen molar-refractivity contribution in [2.45, 2.75) is 33.2 Å². The van der Waals surface area contributed by atoms with Crippen LogP contribution in [0.3, 0.4) is 0 Å². The summed E-state index contributed by atoms with van der Waals surface area (Å²) in [6.07, 6.45) is 0.272. The van der Waals surface area contributed by atoms with E-state index in [1.165, 1.54) is 31.4 Å². The predicted molar refractivity (Wildman–Crippen MR) is 126 cm³/mol. The van der Waals surface area contributed by atoms with E-state index in [0.29, 0.717) is 21.5 Å². The number of ether oxygens (including phenoxy) is 1. The normalized spacial score (nSPS) is 11.5. The summed E-state index contributed by atoms with van der Waals surface area (Å²) in [4.78, 5) is 30.6. The van der Waals surface area contributed by atoms with Gasteiger partial charge >= 0.3 is 0 Å². The number of benzene rings is 2. The highest BCUT2D eigenvalue weighted by atomic mass is 32.1. The number of thiazole rings is 1. The van der Waals surface area contributed by atoms with Gasteiger partial charge in [-0.2, -0.15) is 5.26 Å². The Morgan fingerprint density at radius 2 is 2.03 bits per heavy atom. The van der Waals surface area contributed by atoms with Gasteiger partial charge < -0.3 is 15.4 Å². The molecule has 0 aliphatic carbocycles. The molecular formula is C24H23FN4O3S. The molecule has 1 atom stereocenters. The second-order valence-electron chi connectivity index (χ2n) is 7.62. The summed E-state index contributed by atoms with van der Waals surface area (Å²) in [6, 6.07) is 7.45. The first-order valence-electron chi connectivity index (χ1n) is 10.1. The molecule has 3 rings (SSSR count). The number of rotatable bonds is 7. The van der Waals surface area contributed by atoms with Crippen molar-refractivity contribution in [1.29, 1.82) is 5.26 Å². The van der Waals surface area contributed by atoms with Crippen LogP contribution >= 0.6 is 11.3 Å². The Hall–Kier alpha value is -3.77. The van der Waals surface area contributed by atoms with Crippen LogP contribution in [0.2, 0.25) is 0 Å². The Balaban J connectivity index is 1.98. The number of aryl methyl sites for hydroxylation is 2. The van der Waals surface area contributed by atoms with Crippen molar-refractivity contribution in [1.82, 2.24) is 10.3 Å². The Morgan fingerprint density at radius 3 is 2.70 bits per heavy atom. The zero-order chi connectivity index (χ0) is 24.3. The molecule has 1 unspecified atom stereocenters. The highest BCUT2D eigenvalue weighted by molar-refractivity contribution is 7.19. The number of aromatic nitrogens is 1. The summed E-state index contributed by atoms with van der Waals surface area (Å²) >= 11 is 1.34. The fraction of sp³-hybridized carbons (Fsp3) is 0.250. The van der Waals surface area contributed by atoms with Gasteiger partial charge in [0.1, 0.15) is 17.1 Å². The van der Waals surface area contributed by atoms with Gasteiger partial charge in [0.2, 0.25) is 0 Å². The van der Waals surface area contributed by atoms with Crippen LogP contribution in [-0.4, -0.2) is 29.9 Å². The number of amides is 2. The molecule has 0 aliphatic rings. The molecule has 0 saturated carbocycles. The molecule has 2 N–H and O–H groups in total. The average molecular weight is 467 g/mol. The number of anilines is 1. The first-order valence-corrected chi connectivity index (χ1v) is 10.9. The molecule has 2 aromatic carbocycles. The summed E-state index contributed by atoms with van der Waals surface area (Å²) < 4.78 is 20.4. The predicted octanol–water partition coefficient (Wildman–Crippen LogP) is 4.90. The van der Waals surface area contributed by atoms with Crippen molar-refractivity contribution >= 4 is 39.1 Å². The third kappa shape index (κ3) is 5.18. The summed E-state index contributed by atoms with van der Waals surface area (Å²) in [5, 5.41) is 15.1. The van der Waals surface area contributed by atoms with Crippen LogP contribution in [0.4, 0.5) is 10.1 Å². The lowest BCUT2D eigenvalue weighted by Crippen LogP contribution is -2.33. The average Bonchev–Trinajstić information content (AvgIpc) is 3.14. The van der Waals surface area contributed by atoms with Crippen molar-refractivity contribution in [3.8, 4) is 11.8 Å². The standard InChI is InChI=1S/C24H23FN4O3S/c1-12(11-26)8-14(3)27-23(30)16-9-13(2)17(25)10-19(16)29-24(31)21-20(32-5)7-6-18-22(21)33-15(4)28-18/h6-7,9-10,14H,1,8H2,2-5H3,(H,27,30)(H,29,31). The molecule has 1 heterocycles. The van der Waals surface area contributed by atoms with E-state index in [1.54, 1.807) is 19.1 Å². The number of hydrogen-bond acceptors (Lipinski definition) is 6. The number of halogens is 1. The second kappa shape index (κ2) is 9.79. The largest absolute Gasteiger partial charge is 0.496 e. The smallest absolute Gasteiger partial charge is 0.260 e. The lowest BCUT2D eigenvalue weighted by molar-refractivity contribution is 0.0941. The molecule has 9 heteroatoms. The summed E-state index contributed by atoms with van der Waals surface area (Å²) in [5.41, 5.74) is 1.60. The van der Waals surface area contributed by atoms with Crippen LogP contribution in [0, 0.1) is 31.0 Å². The van der Waals surface area contributed by atoms with Crippen molar-refractivity contribution in [2.75, 3.05) is 12.4 Å². The van der Waals surface area contributed by atoms with Crippen molar-refractivity contribution in [2.24, 2.45) is 0 Å². The summed E-state index contributed by atoms with van der Waals surface area (Å²) in [7, 11) is 1.45. The number of carbonyl (C=O) groups excluding carboxylic acids is 2. The van der Waals surface area contributed by atoms with Crippen LogP contribution in [0.5, 0.6) is 5.75 Å². The molecule has 2 amide bonds. The van der Waals surface area contributed by atoms with E-state index < -0.39 is 17.6 Å². The van der Waals surface area contributed by atoms with Crippen LogP contribution in [0.25, 0.3) is 10.2 Å². The molecule has 0 fully saturated rings. The molecule has 3 aromatic rings. The van der Waals surface area contributed by atoms with Gasteiger partial charge in [-0.3, -0.25) is 9.59 Å². The van der Waals surface area contributed by atoms with E-state index in [-0.39, 0.29) is 34.8 Å². The Morgan fingerprint density at radius 1 is 1.30 bits per heavy atom. The fourth-order valence-electron chi connectivity index (χ4n) is 3.40. The molecule has 0 radical (unpaired) electrons. The number of nitrogens with zero attached hydrogens (tertiary/aromatic N) is 2. The van der Waals surface area contributed by atoms with E-state index >= 15 is 0 Å². The van der Waals surface area contributed by atoms with Crippen LogP contribution in [0.15, 0.2) is 36.4 Å². The zero-order valence-corrected chi connectivity index (χ0v) is 19.5. The topological polar surface area (TPSA) is 104 Å². The number of nitrogens with one attached hydrogen (secondary N) is 2. The van der Waals surface area contributed by atoms with Gasteiger partial charge in [-0.1, -0.05) is 6.58 Å². The molecule has 0 saturated heterocycles. The SMILES string of the molecule is C=C(C#N)CC(C)NC(=O)c1cc(C)c(F)cc1NC(=O)c1c(OC)ccc2nc(C)sc12. The van der Waals surface area contributed by atoms with Crippen molar-refractivity contribution in [3.05, 3.63) is 63.9 Å². The van der Waals surface area contributed by atoms with Gasteiger partial charge in [-0.25, -0.2) is 9.37 Å². The third-order valence-electron chi connectivity index (χ3n) is 4.95. The van der Waals surface area contributed by atoms with Gasteiger partial charge in [0, 0.05) is 18.0 Å². The maximum absolute atomic E-state index is 14.4. The van der Waals surface area contributed by atoms with E-state index in [4.69, 9.17) is 10.00 Å². The number of methoxy groups -OCH3 is 1. The number of fused-ring (bicyclic) bond motifs is 1. The van der Waals surface area contributed by atoms with Gasteiger partial charge in [0.05, 0.1) is 39.7 Å². The third-order valence-corrected chi connectivity index (χ3v) is 5.96. The molecular weight excluding hydrogens is 443 g/mol. The maximum Gasteiger partial charge on any atom is 0.260 e. The number of carbonyl (C=O) groups is 2. The van der Waals surface area contributed by atoms with Crippen LogP contribution in [-0.2, 0) is 0 Å². The number of nitriles is 1. The molecule has 170 valence electrons. The number of hydrogen-bond donors (Lipinski definition) is 2. The minimum Gasteiger partial charge on any atom is -0.496 e. The molecule has 0 bridgehead atoms. The monoisotopic (exact) mass is 466 g/mol. The molecule has 0 aliphatic heterocycles. The summed E-state index contributed by atoms with van der Waals surface area (Å²) in [6.45, 7) is 8.71. The molecule has 1 aromatic heterocycles.